The minimum atomic E-state index is -0.507. The van der Waals surface area contributed by atoms with Crippen molar-refractivity contribution in [2.75, 3.05) is 37.7 Å². The van der Waals surface area contributed by atoms with Gasteiger partial charge in [0.1, 0.15) is 11.9 Å². The number of nitrogens with zero attached hydrogens (tertiary/aromatic N) is 3. The first-order chi connectivity index (χ1) is 9.75. The molecule has 2 aliphatic heterocycles. The molecule has 108 valence electrons. The predicted octanol–water partition coefficient (Wildman–Crippen LogP) is 1.05. The molecule has 0 saturated carbocycles. The van der Waals surface area contributed by atoms with E-state index in [4.69, 9.17) is 4.74 Å². The zero-order valence-corrected chi connectivity index (χ0v) is 11.3. The van der Waals surface area contributed by atoms with Crippen LogP contribution in [-0.4, -0.2) is 54.7 Å². The van der Waals surface area contributed by atoms with Crippen molar-refractivity contribution in [1.82, 2.24) is 9.88 Å². The number of carbonyl (C=O) groups excluding carboxylic acids is 1. The fraction of sp³-hybridized carbons (Fsp3) is 0.571. The maximum atomic E-state index is 13.3. The molecule has 20 heavy (non-hydrogen) atoms. The Balaban J connectivity index is 1.76. The molecule has 1 aromatic rings. The van der Waals surface area contributed by atoms with Crippen molar-refractivity contribution in [3.8, 4) is 0 Å². The highest BCUT2D eigenvalue weighted by Crippen LogP contribution is 2.25. The Hall–Kier alpha value is -1.69. The van der Waals surface area contributed by atoms with E-state index in [9.17, 15) is 9.18 Å². The van der Waals surface area contributed by atoms with E-state index in [1.165, 1.54) is 6.07 Å². The highest BCUT2D eigenvalue weighted by Gasteiger charge is 2.35. The number of pyridine rings is 1. The number of carbonyl (C=O) groups is 1. The molecule has 0 bridgehead atoms. The van der Waals surface area contributed by atoms with Gasteiger partial charge in [0.25, 0.3) is 0 Å². The van der Waals surface area contributed by atoms with Gasteiger partial charge in [-0.1, -0.05) is 6.07 Å². The van der Waals surface area contributed by atoms with Gasteiger partial charge >= 0.3 is 0 Å². The molecule has 0 aliphatic carbocycles. The van der Waals surface area contributed by atoms with Crippen LogP contribution in [0.1, 0.15) is 12.8 Å². The quantitative estimate of drug-likeness (QED) is 0.759. The molecule has 0 aromatic carbocycles. The van der Waals surface area contributed by atoms with Crippen molar-refractivity contribution in [3.63, 3.8) is 0 Å². The lowest BCUT2D eigenvalue weighted by Crippen LogP contribution is -2.50. The minimum absolute atomic E-state index is 0.108. The molecule has 5 nitrogen and oxygen atoms in total. The van der Waals surface area contributed by atoms with Crippen LogP contribution in [0.4, 0.5) is 10.2 Å². The first-order valence-electron chi connectivity index (χ1n) is 7.01. The van der Waals surface area contributed by atoms with Crippen LogP contribution in [0.25, 0.3) is 0 Å². The second-order valence-electron chi connectivity index (χ2n) is 5.11. The van der Waals surface area contributed by atoms with Crippen molar-refractivity contribution in [2.24, 2.45) is 0 Å². The number of rotatable bonds is 2. The largest absolute Gasteiger partial charge is 0.378 e. The normalized spacial score (nSPS) is 23.1. The van der Waals surface area contributed by atoms with Gasteiger partial charge in [-0.05, 0) is 25.0 Å². The van der Waals surface area contributed by atoms with Crippen molar-refractivity contribution in [1.29, 1.82) is 0 Å². The molecule has 1 amide bonds. The number of hydrogen-bond acceptors (Lipinski definition) is 4. The number of morpholine rings is 1. The summed E-state index contributed by atoms with van der Waals surface area (Å²) in [5, 5.41) is 0. The van der Waals surface area contributed by atoms with Crippen molar-refractivity contribution in [2.45, 2.75) is 18.9 Å². The summed E-state index contributed by atoms with van der Waals surface area (Å²) >= 11 is 0. The molecule has 2 saturated heterocycles. The van der Waals surface area contributed by atoms with Gasteiger partial charge in [-0.3, -0.25) is 4.79 Å². The van der Waals surface area contributed by atoms with Gasteiger partial charge in [-0.2, -0.15) is 4.39 Å². The lowest BCUT2D eigenvalue weighted by Gasteiger charge is -2.33. The summed E-state index contributed by atoms with van der Waals surface area (Å²) in [5.41, 5.74) is 0. The van der Waals surface area contributed by atoms with Crippen LogP contribution in [0, 0.1) is 5.95 Å². The number of halogens is 1. The first-order valence-corrected chi connectivity index (χ1v) is 7.01. The fourth-order valence-electron chi connectivity index (χ4n) is 2.85. The van der Waals surface area contributed by atoms with E-state index in [1.807, 2.05) is 9.80 Å². The van der Waals surface area contributed by atoms with Crippen LogP contribution < -0.4 is 4.90 Å². The van der Waals surface area contributed by atoms with E-state index in [1.54, 1.807) is 12.1 Å². The highest BCUT2D eigenvalue weighted by atomic mass is 19.1. The molecule has 0 N–H and O–H groups in total. The molecule has 2 fully saturated rings. The number of ether oxygens (including phenoxy) is 1. The summed E-state index contributed by atoms with van der Waals surface area (Å²) in [6.45, 7) is 3.21. The van der Waals surface area contributed by atoms with Gasteiger partial charge in [0.05, 0.1) is 13.2 Å². The summed E-state index contributed by atoms with van der Waals surface area (Å²) in [6, 6.07) is 4.49. The predicted molar refractivity (Wildman–Crippen MR) is 72.0 cm³/mol. The summed E-state index contributed by atoms with van der Waals surface area (Å²) in [5.74, 6) is 0.151. The van der Waals surface area contributed by atoms with Crippen LogP contribution in [0.3, 0.4) is 0 Å². The van der Waals surface area contributed by atoms with Gasteiger partial charge in [-0.15, -0.1) is 0 Å². The maximum Gasteiger partial charge on any atom is 0.245 e. The molecule has 0 unspecified atom stereocenters. The molecule has 0 spiro atoms. The molecule has 2 aliphatic rings. The SMILES string of the molecule is O=C([C@@H]1CCCN1c1cccc(F)n1)N1CCOCC1. The number of aromatic nitrogens is 1. The average molecular weight is 279 g/mol. The Kier molecular flexibility index (Phi) is 3.82. The topological polar surface area (TPSA) is 45.7 Å². The summed E-state index contributed by atoms with van der Waals surface area (Å²) < 4.78 is 18.5. The molecule has 3 heterocycles. The molecular weight excluding hydrogens is 261 g/mol. The number of anilines is 1. The third-order valence-electron chi connectivity index (χ3n) is 3.86. The van der Waals surface area contributed by atoms with Crippen LogP contribution >= 0.6 is 0 Å². The third kappa shape index (κ3) is 2.60. The molecule has 6 heteroatoms. The van der Waals surface area contributed by atoms with E-state index in [-0.39, 0.29) is 11.9 Å². The first kappa shape index (κ1) is 13.3. The van der Waals surface area contributed by atoms with Crippen LogP contribution in [0.2, 0.25) is 0 Å². The lowest BCUT2D eigenvalue weighted by molar-refractivity contribution is -0.136. The molecular formula is C14H18FN3O2. The summed E-state index contributed by atoms with van der Waals surface area (Å²) in [6.07, 6.45) is 1.73. The zero-order valence-electron chi connectivity index (χ0n) is 11.3. The van der Waals surface area contributed by atoms with Crippen molar-refractivity contribution in [3.05, 3.63) is 24.1 Å². The zero-order chi connectivity index (χ0) is 13.9. The molecule has 0 radical (unpaired) electrons. The van der Waals surface area contributed by atoms with Crippen LogP contribution in [0.5, 0.6) is 0 Å². The number of hydrogen-bond donors (Lipinski definition) is 0. The highest BCUT2D eigenvalue weighted by molar-refractivity contribution is 5.85. The Morgan fingerprint density at radius 1 is 1.30 bits per heavy atom. The third-order valence-corrected chi connectivity index (χ3v) is 3.86. The second kappa shape index (κ2) is 5.75. The Bertz CT molecular complexity index is 491. The summed E-state index contributed by atoms with van der Waals surface area (Å²) in [4.78, 5) is 20.2. The maximum absolute atomic E-state index is 13.3. The van der Waals surface area contributed by atoms with Gasteiger partial charge in [0.2, 0.25) is 11.9 Å². The fourth-order valence-corrected chi connectivity index (χ4v) is 2.85. The van der Waals surface area contributed by atoms with Gasteiger partial charge in [0, 0.05) is 19.6 Å². The van der Waals surface area contributed by atoms with Gasteiger partial charge in [-0.25, -0.2) is 4.98 Å². The van der Waals surface area contributed by atoms with E-state index in [0.29, 0.717) is 32.1 Å². The minimum Gasteiger partial charge on any atom is -0.378 e. The van der Waals surface area contributed by atoms with E-state index < -0.39 is 5.95 Å². The van der Waals surface area contributed by atoms with Gasteiger partial charge < -0.3 is 14.5 Å². The molecule has 1 aromatic heterocycles. The summed E-state index contributed by atoms with van der Waals surface area (Å²) in [7, 11) is 0. The molecule has 3 rings (SSSR count). The van der Waals surface area contributed by atoms with E-state index in [2.05, 4.69) is 4.98 Å². The average Bonchev–Trinajstić information content (AvgIpc) is 2.97. The van der Waals surface area contributed by atoms with E-state index >= 15 is 0 Å². The van der Waals surface area contributed by atoms with Gasteiger partial charge in [0.15, 0.2) is 0 Å². The molecule has 1 atom stereocenters. The van der Waals surface area contributed by atoms with Crippen molar-refractivity contribution >= 4 is 11.7 Å². The Morgan fingerprint density at radius 3 is 2.85 bits per heavy atom. The monoisotopic (exact) mass is 279 g/mol. The van der Waals surface area contributed by atoms with Crippen molar-refractivity contribution < 1.29 is 13.9 Å². The smallest absolute Gasteiger partial charge is 0.245 e. The standard InChI is InChI=1S/C14H18FN3O2/c15-12-4-1-5-13(16-12)18-6-2-3-11(18)14(19)17-7-9-20-10-8-17/h1,4-5,11H,2-3,6-10H2/t11-/m0/s1. The van der Waals surface area contributed by atoms with Crippen LogP contribution in [0.15, 0.2) is 18.2 Å². The second-order valence-corrected chi connectivity index (χ2v) is 5.11. The van der Waals surface area contributed by atoms with E-state index in [0.717, 1.165) is 19.4 Å². The Labute approximate surface area is 117 Å². The Morgan fingerprint density at radius 2 is 2.10 bits per heavy atom. The van der Waals surface area contributed by atoms with Crippen LogP contribution in [-0.2, 0) is 9.53 Å². The lowest BCUT2D eigenvalue weighted by atomic mass is 10.2. The number of amides is 1.